The second kappa shape index (κ2) is 9.32. The number of hydrogen-bond acceptors (Lipinski definition) is 7. The van der Waals surface area contributed by atoms with Gasteiger partial charge in [0.2, 0.25) is 5.95 Å². The molecule has 4 rings (SSSR count). The van der Waals surface area contributed by atoms with Crippen LogP contribution in [0.3, 0.4) is 0 Å². The van der Waals surface area contributed by atoms with Crippen LogP contribution in [0.1, 0.15) is 27.4 Å². The Kier molecular flexibility index (Phi) is 6.35. The smallest absolute Gasteiger partial charge is 0.273 e. The number of piperazine rings is 1. The number of benzene rings is 1. The van der Waals surface area contributed by atoms with Crippen LogP contribution in [0.15, 0.2) is 41.8 Å². The maximum Gasteiger partial charge on any atom is 0.273 e. The molecule has 0 saturated carbocycles. The van der Waals surface area contributed by atoms with Crippen molar-refractivity contribution in [2.24, 2.45) is 0 Å². The van der Waals surface area contributed by atoms with Gasteiger partial charge in [-0.2, -0.15) is 0 Å². The van der Waals surface area contributed by atoms with Crippen LogP contribution in [-0.2, 0) is 6.42 Å². The number of nitrogens with zero attached hydrogens (tertiary/aromatic N) is 5. The molecule has 1 aromatic carbocycles. The van der Waals surface area contributed by atoms with Crippen LogP contribution in [0, 0.1) is 13.8 Å². The van der Waals surface area contributed by atoms with Gasteiger partial charge in [-0.1, -0.05) is 30.3 Å². The van der Waals surface area contributed by atoms with Gasteiger partial charge in [0.05, 0.1) is 0 Å². The van der Waals surface area contributed by atoms with Crippen LogP contribution in [0.2, 0.25) is 0 Å². The molecular weight excluding hydrogens is 396 g/mol. The lowest BCUT2D eigenvalue weighted by molar-refractivity contribution is 0.0633. The minimum absolute atomic E-state index is 0.0108. The summed E-state index contributed by atoms with van der Waals surface area (Å²) in [5, 5.41) is 5.54. The van der Waals surface area contributed by atoms with Gasteiger partial charge in [0.25, 0.3) is 5.91 Å². The van der Waals surface area contributed by atoms with Gasteiger partial charge in [0, 0.05) is 49.5 Å². The zero-order valence-electron chi connectivity index (χ0n) is 17.3. The molecule has 1 fully saturated rings. The highest BCUT2D eigenvalue weighted by molar-refractivity contribution is 7.14. The second-order valence-corrected chi connectivity index (χ2v) is 8.36. The fourth-order valence-electron chi connectivity index (χ4n) is 3.58. The number of aromatic nitrogens is 3. The van der Waals surface area contributed by atoms with Crippen molar-refractivity contribution in [1.82, 2.24) is 24.8 Å². The lowest BCUT2D eigenvalue weighted by Crippen LogP contribution is -2.49. The molecule has 1 N–H and O–H groups in total. The summed E-state index contributed by atoms with van der Waals surface area (Å²) in [6, 6.07) is 12.4. The largest absolute Gasteiger partial charge is 0.335 e. The number of carbonyl (C=O) groups is 1. The first-order valence-corrected chi connectivity index (χ1v) is 11.1. The Morgan fingerprint density at radius 3 is 2.43 bits per heavy atom. The number of amides is 1. The molecule has 8 heteroatoms. The minimum atomic E-state index is -0.0108. The maximum atomic E-state index is 12.9. The Balaban J connectivity index is 1.29. The molecule has 0 spiro atoms. The monoisotopic (exact) mass is 422 g/mol. The van der Waals surface area contributed by atoms with E-state index in [0.29, 0.717) is 16.8 Å². The van der Waals surface area contributed by atoms with Crippen molar-refractivity contribution in [1.29, 1.82) is 0 Å². The molecule has 30 heavy (non-hydrogen) atoms. The molecule has 0 atom stereocenters. The van der Waals surface area contributed by atoms with Crippen molar-refractivity contribution >= 4 is 28.3 Å². The zero-order chi connectivity index (χ0) is 20.9. The maximum absolute atomic E-state index is 12.9. The first kappa shape index (κ1) is 20.4. The number of aryl methyl sites for hydroxylation is 2. The molecule has 0 unspecified atom stereocenters. The van der Waals surface area contributed by atoms with Crippen LogP contribution in [0.4, 0.5) is 11.1 Å². The van der Waals surface area contributed by atoms with Crippen LogP contribution in [0.5, 0.6) is 0 Å². The molecule has 3 aromatic rings. The predicted octanol–water partition coefficient (Wildman–Crippen LogP) is 3.29. The van der Waals surface area contributed by atoms with Gasteiger partial charge in [-0.15, -0.1) is 11.3 Å². The third-order valence-electron chi connectivity index (χ3n) is 5.14. The quantitative estimate of drug-likeness (QED) is 0.657. The molecule has 156 valence electrons. The number of hydrogen-bond donors (Lipinski definition) is 1. The van der Waals surface area contributed by atoms with Gasteiger partial charge in [-0.25, -0.2) is 15.0 Å². The predicted molar refractivity (Wildman–Crippen MR) is 119 cm³/mol. The lowest BCUT2D eigenvalue weighted by Gasteiger charge is -2.34. The van der Waals surface area contributed by atoms with Crippen molar-refractivity contribution < 1.29 is 4.79 Å². The molecule has 1 saturated heterocycles. The van der Waals surface area contributed by atoms with E-state index in [0.717, 1.165) is 50.5 Å². The van der Waals surface area contributed by atoms with Crippen LogP contribution in [-0.4, -0.2) is 63.4 Å². The van der Waals surface area contributed by atoms with Gasteiger partial charge in [0.1, 0.15) is 5.69 Å². The highest BCUT2D eigenvalue weighted by atomic mass is 32.1. The van der Waals surface area contributed by atoms with Gasteiger partial charge < -0.3 is 10.2 Å². The first-order chi connectivity index (χ1) is 14.6. The summed E-state index contributed by atoms with van der Waals surface area (Å²) >= 11 is 1.39. The van der Waals surface area contributed by atoms with Crippen LogP contribution >= 0.6 is 11.3 Å². The summed E-state index contributed by atoms with van der Waals surface area (Å²) in [5.74, 6) is 0.497. The van der Waals surface area contributed by atoms with Crippen LogP contribution < -0.4 is 5.32 Å². The first-order valence-electron chi connectivity index (χ1n) is 10.2. The number of rotatable bonds is 6. The number of nitrogens with one attached hydrogen (secondary N) is 1. The average molecular weight is 423 g/mol. The van der Waals surface area contributed by atoms with E-state index < -0.39 is 0 Å². The Labute approximate surface area is 180 Å². The molecule has 7 nitrogen and oxygen atoms in total. The van der Waals surface area contributed by atoms with E-state index in [4.69, 9.17) is 0 Å². The van der Waals surface area contributed by atoms with Crippen molar-refractivity contribution in [3.05, 3.63) is 64.4 Å². The molecule has 0 radical (unpaired) electrons. The van der Waals surface area contributed by atoms with E-state index in [1.807, 2.05) is 30.9 Å². The summed E-state index contributed by atoms with van der Waals surface area (Å²) in [6.07, 6.45) is 1.04. The van der Waals surface area contributed by atoms with E-state index in [1.54, 1.807) is 5.38 Å². The van der Waals surface area contributed by atoms with Gasteiger partial charge in [-0.3, -0.25) is 9.69 Å². The molecular formula is C22H26N6OS. The molecule has 0 aliphatic carbocycles. The van der Waals surface area contributed by atoms with Crippen LogP contribution in [0.25, 0.3) is 0 Å². The summed E-state index contributed by atoms with van der Waals surface area (Å²) in [4.78, 5) is 30.4. The van der Waals surface area contributed by atoms with E-state index in [2.05, 4.69) is 49.4 Å². The van der Waals surface area contributed by atoms with Gasteiger partial charge in [0.15, 0.2) is 5.13 Å². The second-order valence-electron chi connectivity index (χ2n) is 7.51. The Bertz CT molecular complexity index is 978. The van der Waals surface area contributed by atoms with E-state index in [1.165, 1.54) is 16.9 Å². The van der Waals surface area contributed by atoms with E-state index in [-0.39, 0.29) is 5.91 Å². The Morgan fingerprint density at radius 2 is 1.73 bits per heavy atom. The standard InChI is InChI=1S/C22H26N6OS/c1-16-14-17(2)24-21(23-16)26-22-25-19(15-30-22)20(29)28-12-10-27(11-13-28)9-8-18-6-4-3-5-7-18/h3-7,14-15H,8-13H2,1-2H3,(H,23,24,25,26). The molecule has 0 bridgehead atoms. The molecule has 1 aliphatic rings. The topological polar surface area (TPSA) is 74.2 Å². The van der Waals surface area contributed by atoms with E-state index >= 15 is 0 Å². The molecule has 3 heterocycles. The average Bonchev–Trinajstić information content (AvgIpc) is 3.20. The normalized spacial score (nSPS) is 14.7. The number of anilines is 2. The van der Waals surface area contributed by atoms with Crippen molar-refractivity contribution in [3.63, 3.8) is 0 Å². The lowest BCUT2D eigenvalue weighted by atomic mass is 10.1. The summed E-state index contributed by atoms with van der Waals surface area (Å²) in [7, 11) is 0. The van der Waals surface area contributed by atoms with Crippen molar-refractivity contribution in [2.45, 2.75) is 20.3 Å². The molecule has 1 amide bonds. The van der Waals surface area contributed by atoms with Crippen molar-refractivity contribution in [2.75, 3.05) is 38.0 Å². The summed E-state index contributed by atoms with van der Waals surface area (Å²) in [5.41, 5.74) is 3.61. The minimum Gasteiger partial charge on any atom is -0.335 e. The Hall–Kier alpha value is -2.84. The number of carbonyl (C=O) groups excluding carboxylic acids is 1. The zero-order valence-corrected chi connectivity index (χ0v) is 18.2. The third kappa shape index (κ3) is 5.20. The molecule has 2 aromatic heterocycles. The highest BCUT2D eigenvalue weighted by Crippen LogP contribution is 2.21. The third-order valence-corrected chi connectivity index (χ3v) is 5.90. The highest BCUT2D eigenvalue weighted by Gasteiger charge is 2.23. The fraction of sp³-hybridized carbons (Fsp3) is 0.364. The fourth-order valence-corrected chi connectivity index (χ4v) is 4.25. The summed E-state index contributed by atoms with van der Waals surface area (Å²) in [6.45, 7) is 8.12. The summed E-state index contributed by atoms with van der Waals surface area (Å²) < 4.78 is 0. The molecule has 1 aliphatic heterocycles. The van der Waals surface area contributed by atoms with E-state index in [9.17, 15) is 4.79 Å². The van der Waals surface area contributed by atoms with Crippen molar-refractivity contribution in [3.8, 4) is 0 Å². The SMILES string of the molecule is Cc1cc(C)nc(Nc2nc(C(=O)N3CCN(CCc4ccccc4)CC3)cs2)n1. The van der Waals surface area contributed by atoms with Gasteiger partial charge in [-0.05, 0) is 31.9 Å². The van der Waals surface area contributed by atoms with Gasteiger partial charge >= 0.3 is 0 Å². The number of thiazole rings is 1. The Morgan fingerprint density at radius 1 is 1.03 bits per heavy atom.